The van der Waals surface area contributed by atoms with Gasteiger partial charge in [-0.25, -0.2) is 4.99 Å². The minimum absolute atomic E-state index is 0.642. The van der Waals surface area contributed by atoms with Gasteiger partial charge < -0.3 is 10.2 Å². The molecule has 17 heavy (non-hydrogen) atoms. The Morgan fingerprint density at radius 3 is 2.94 bits per heavy atom. The maximum absolute atomic E-state index is 4.58. The molecule has 0 bridgehead atoms. The summed E-state index contributed by atoms with van der Waals surface area (Å²) in [6.07, 6.45) is 1.23. The van der Waals surface area contributed by atoms with Gasteiger partial charge in [-0.3, -0.25) is 0 Å². The van der Waals surface area contributed by atoms with Crippen molar-refractivity contribution in [2.45, 2.75) is 25.5 Å². The Hall–Kier alpha value is -0.160. The van der Waals surface area contributed by atoms with Crippen molar-refractivity contribution in [1.82, 2.24) is 10.2 Å². The second kappa shape index (κ2) is 8.03. The molecule has 0 spiro atoms. The van der Waals surface area contributed by atoms with E-state index in [2.05, 4.69) is 63.3 Å². The van der Waals surface area contributed by atoms with Gasteiger partial charge in [-0.1, -0.05) is 29.4 Å². The summed E-state index contributed by atoms with van der Waals surface area (Å²) in [5.74, 6) is 2.21. The molecule has 5 heteroatoms. The van der Waals surface area contributed by atoms with Crippen LogP contribution in [0.5, 0.6) is 0 Å². The third kappa shape index (κ3) is 5.34. The lowest BCUT2D eigenvalue weighted by atomic mass is 10.3. The maximum Gasteiger partial charge on any atom is 0.194 e. The van der Waals surface area contributed by atoms with E-state index in [-0.39, 0.29) is 0 Å². The number of hydrogen-bond donors (Lipinski definition) is 1. The Balaban J connectivity index is 2.62. The van der Waals surface area contributed by atoms with Crippen LogP contribution in [0.2, 0.25) is 0 Å². The van der Waals surface area contributed by atoms with Crippen molar-refractivity contribution < 1.29 is 0 Å². The summed E-state index contributed by atoms with van der Waals surface area (Å²) >= 11 is 5.43. The van der Waals surface area contributed by atoms with Gasteiger partial charge in [0.05, 0.1) is 6.54 Å². The monoisotopic (exact) mass is 319 g/mol. The highest BCUT2D eigenvalue weighted by molar-refractivity contribution is 9.11. The Bertz CT molecular complexity index is 281. The van der Waals surface area contributed by atoms with Crippen molar-refractivity contribution >= 4 is 33.7 Å². The van der Waals surface area contributed by atoms with E-state index in [0.29, 0.717) is 6.54 Å². The molecule has 1 aliphatic heterocycles. The first-order valence-corrected chi connectivity index (χ1v) is 7.99. The summed E-state index contributed by atoms with van der Waals surface area (Å²) in [5, 5.41) is 4.09. The predicted molar refractivity (Wildman–Crippen MR) is 82.2 cm³/mol. The number of aliphatic imine (C=N–C) groups is 1. The molecule has 0 aliphatic carbocycles. The highest BCUT2D eigenvalue weighted by atomic mass is 79.9. The lowest BCUT2D eigenvalue weighted by Crippen LogP contribution is -2.48. The minimum atomic E-state index is 0.642. The molecule has 0 amide bonds. The van der Waals surface area contributed by atoms with Crippen LogP contribution in [0, 0.1) is 0 Å². The number of rotatable bonds is 4. The third-order valence-corrected chi connectivity index (χ3v) is 4.25. The van der Waals surface area contributed by atoms with Crippen molar-refractivity contribution in [1.29, 1.82) is 0 Å². The molecule has 1 N–H and O–H groups in total. The molecule has 0 aromatic carbocycles. The second-order valence-electron chi connectivity index (χ2n) is 4.03. The van der Waals surface area contributed by atoms with Crippen molar-refractivity contribution in [3.05, 3.63) is 11.1 Å². The van der Waals surface area contributed by atoms with E-state index >= 15 is 0 Å². The average molecular weight is 320 g/mol. The molecule has 0 radical (unpaired) electrons. The van der Waals surface area contributed by atoms with E-state index in [1.807, 2.05) is 0 Å². The zero-order valence-electron chi connectivity index (χ0n) is 10.7. The number of hydrogen-bond acceptors (Lipinski definition) is 2. The van der Waals surface area contributed by atoms with Gasteiger partial charge in [0.25, 0.3) is 0 Å². The first-order chi connectivity index (χ1) is 8.17. The second-order valence-corrected chi connectivity index (χ2v) is 6.56. The molecule has 1 rings (SSSR count). The van der Waals surface area contributed by atoms with Gasteiger partial charge in [0.1, 0.15) is 0 Å². The zero-order valence-corrected chi connectivity index (χ0v) is 13.1. The fraction of sp³-hybridized carbons (Fsp3) is 0.750. The van der Waals surface area contributed by atoms with Gasteiger partial charge in [-0.05, 0) is 13.3 Å². The van der Waals surface area contributed by atoms with Gasteiger partial charge in [-0.2, -0.15) is 11.8 Å². The summed E-state index contributed by atoms with van der Waals surface area (Å²) in [7, 11) is 0. The third-order valence-electron chi connectivity index (χ3n) is 2.63. The Morgan fingerprint density at radius 1 is 1.59 bits per heavy atom. The lowest BCUT2D eigenvalue weighted by molar-refractivity contribution is 0.409. The molecule has 0 saturated carbocycles. The quantitative estimate of drug-likeness (QED) is 0.637. The topological polar surface area (TPSA) is 27.6 Å². The highest BCUT2D eigenvalue weighted by Gasteiger charge is 2.21. The predicted octanol–water partition coefficient (Wildman–Crippen LogP) is 2.69. The van der Waals surface area contributed by atoms with E-state index in [4.69, 9.17) is 0 Å². The van der Waals surface area contributed by atoms with E-state index in [9.17, 15) is 0 Å². The van der Waals surface area contributed by atoms with Crippen molar-refractivity contribution in [2.24, 2.45) is 4.99 Å². The van der Waals surface area contributed by atoms with Crippen molar-refractivity contribution in [2.75, 3.05) is 31.9 Å². The summed E-state index contributed by atoms with van der Waals surface area (Å²) in [5.41, 5.74) is 0. The zero-order chi connectivity index (χ0) is 12.7. The van der Waals surface area contributed by atoms with Crippen LogP contribution in [0.15, 0.2) is 16.1 Å². The Kier molecular flexibility index (Phi) is 7.04. The van der Waals surface area contributed by atoms with Crippen LogP contribution in [-0.4, -0.2) is 48.0 Å². The van der Waals surface area contributed by atoms with Crippen LogP contribution in [0.1, 0.15) is 20.3 Å². The number of nitrogens with one attached hydrogen (secondary N) is 1. The van der Waals surface area contributed by atoms with E-state index in [0.717, 1.165) is 35.3 Å². The van der Waals surface area contributed by atoms with Crippen LogP contribution in [-0.2, 0) is 0 Å². The molecule has 0 aromatic heterocycles. The first kappa shape index (κ1) is 14.9. The molecule has 1 unspecified atom stereocenters. The molecule has 1 heterocycles. The normalized spacial score (nSPS) is 21.5. The van der Waals surface area contributed by atoms with E-state index in [1.165, 1.54) is 12.2 Å². The molecule has 1 fully saturated rings. The highest BCUT2D eigenvalue weighted by Crippen LogP contribution is 2.21. The Morgan fingerprint density at radius 2 is 2.35 bits per heavy atom. The molecule has 1 saturated heterocycles. The van der Waals surface area contributed by atoms with Crippen LogP contribution in [0.25, 0.3) is 0 Å². The van der Waals surface area contributed by atoms with Gasteiger partial charge in [0.15, 0.2) is 5.96 Å². The molecule has 0 aromatic rings. The summed E-state index contributed by atoms with van der Waals surface area (Å²) in [6, 6.07) is 0. The fourth-order valence-corrected chi connectivity index (χ4v) is 3.05. The molecule has 3 nitrogen and oxygen atoms in total. The summed E-state index contributed by atoms with van der Waals surface area (Å²) < 4.78 is 0.923. The number of halogens is 1. The molecule has 98 valence electrons. The molecule has 1 aliphatic rings. The smallest absolute Gasteiger partial charge is 0.194 e. The number of nitrogens with zero attached hydrogens (tertiary/aromatic N) is 2. The number of thioether (sulfide) groups is 1. The van der Waals surface area contributed by atoms with Crippen LogP contribution < -0.4 is 5.32 Å². The molecule has 1 atom stereocenters. The number of guanidine groups is 1. The van der Waals surface area contributed by atoms with E-state index < -0.39 is 0 Å². The van der Waals surface area contributed by atoms with Gasteiger partial charge in [-0.15, -0.1) is 0 Å². The van der Waals surface area contributed by atoms with Gasteiger partial charge in [0, 0.05) is 35.1 Å². The van der Waals surface area contributed by atoms with Gasteiger partial charge in [0.2, 0.25) is 0 Å². The first-order valence-electron chi connectivity index (χ1n) is 6.15. The van der Waals surface area contributed by atoms with Crippen LogP contribution in [0.4, 0.5) is 0 Å². The largest absolute Gasteiger partial charge is 0.357 e. The molecular weight excluding hydrogens is 298 g/mol. The standard InChI is InChI=1S/C12H22BrN3S/c1-4-11-9-16(6-7-17-11)12(14-5-2)15-8-10(3)13/h11H,3-9H2,1-2H3,(H,14,15). The summed E-state index contributed by atoms with van der Waals surface area (Å²) in [4.78, 5) is 6.95. The Labute approximate surface area is 117 Å². The SMILES string of the molecule is C=C(Br)CN=C(NCC)N1CCSC(CC)C1. The average Bonchev–Trinajstić information content (AvgIpc) is 2.34. The van der Waals surface area contributed by atoms with Crippen LogP contribution >= 0.6 is 27.7 Å². The minimum Gasteiger partial charge on any atom is -0.357 e. The fourth-order valence-electron chi connectivity index (χ4n) is 1.75. The van der Waals surface area contributed by atoms with E-state index in [1.54, 1.807) is 0 Å². The summed E-state index contributed by atoms with van der Waals surface area (Å²) in [6.45, 7) is 11.9. The molecular formula is C12H22BrN3S. The van der Waals surface area contributed by atoms with Gasteiger partial charge >= 0.3 is 0 Å². The lowest BCUT2D eigenvalue weighted by Gasteiger charge is -2.34. The maximum atomic E-state index is 4.58. The van der Waals surface area contributed by atoms with Crippen LogP contribution in [0.3, 0.4) is 0 Å². The van der Waals surface area contributed by atoms with Crippen molar-refractivity contribution in [3.63, 3.8) is 0 Å². The van der Waals surface area contributed by atoms with Crippen molar-refractivity contribution in [3.8, 4) is 0 Å².